The molecule has 1 aliphatic heterocycles. The summed E-state index contributed by atoms with van der Waals surface area (Å²) in [5.41, 5.74) is -0.757. The Hall–Kier alpha value is -3.60. The Kier molecular flexibility index (Phi) is 7.18. The first-order valence-electron chi connectivity index (χ1n) is 11.9. The molecule has 0 saturated carbocycles. The molecular formula is C26H29F3N4O4. The number of benzene rings is 2. The number of alkyl halides is 3. The lowest BCUT2D eigenvalue weighted by Crippen LogP contribution is -2.48. The molecule has 37 heavy (non-hydrogen) atoms. The van der Waals surface area contributed by atoms with Gasteiger partial charge in [0.1, 0.15) is 11.6 Å². The summed E-state index contributed by atoms with van der Waals surface area (Å²) in [4.78, 5) is 33.8. The Bertz CT molecular complexity index is 1380. The van der Waals surface area contributed by atoms with Gasteiger partial charge in [0.2, 0.25) is 0 Å². The molecule has 3 atom stereocenters. The molecule has 2 aromatic carbocycles. The largest absolute Gasteiger partial charge is 0.495 e. The van der Waals surface area contributed by atoms with Gasteiger partial charge in [0.25, 0.3) is 11.5 Å². The first-order valence-corrected chi connectivity index (χ1v) is 11.9. The van der Waals surface area contributed by atoms with Crippen molar-refractivity contribution in [2.75, 3.05) is 25.5 Å². The van der Waals surface area contributed by atoms with Crippen LogP contribution in [-0.2, 0) is 10.9 Å². The van der Waals surface area contributed by atoms with Crippen LogP contribution >= 0.6 is 0 Å². The number of hydrogen-bond donors (Lipinski definition) is 2. The number of anilines is 1. The molecule has 2 heterocycles. The number of nitrogens with one attached hydrogen (secondary N) is 2. The fourth-order valence-corrected chi connectivity index (χ4v) is 4.70. The SMILES string of the molecule is COc1cc(C(=O)N2CC(C)OC(C)C2)ccc1NC(C)c1cc2c(=O)[nH]c(C)nc2cc1C(F)(F)F. The van der Waals surface area contributed by atoms with Gasteiger partial charge in [-0.1, -0.05) is 0 Å². The number of amides is 1. The summed E-state index contributed by atoms with van der Waals surface area (Å²) in [5.74, 6) is 0.345. The normalized spacial score (nSPS) is 19.1. The standard InChI is InChI=1S/C26H29F3N4O4/c1-13-11-33(12-14(2)37-13)25(35)17-6-7-21(23(8-17)36-5)30-15(3)18-9-19-22(10-20(18)26(27,28)29)31-16(4)32-24(19)34/h6-10,13-15,30H,11-12H2,1-5H3,(H,31,32,34). The van der Waals surface area contributed by atoms with Gasteiger partial charge in [-0.05, 0) is 63.6 Å². The molecule has 1 fully saturated rings. The second-order valence-corrected chi connectivity index (χ2v) is 9.35. The number of methoxy groups -OCH3 is 1. The van der Waals surface area contributed by atoms with Gasteiger partial charge in [-0.15, -0.1) is 0 Å². The minimum Gasteiger partial charge on any atom is -0.495 e. The molecule has 3 unspecified atom stereocenters. The Morgan fingerprint density at radius 2 is 1.89 bits per heavy atom. The van der Waals surface area contributed by atoms with Crippen molar-refractivity contribution in [3.05, 3.63) is 63.2 Å². The number of aryl methyl sites for hydroxylation is 1. The number of halogens is 3. The highest BCUT2D eigenvalue weighted by Crippen LogP contribution is 2.38. The smallest absolute Gasteiger partial charge is 0.416 e. The van der Waals surface area contributed by atoms with Gasteiger partial charge in [0.05, 0.1) is 41.5 Å². The van der Waals surface area contributed by atoms with Gasteiger partial charge < -0.3 is 24.7 Å². The van der Waals surface area contributed by atoms with Gasteiger partial charge in [-0.3, -0.25) is 9.59 Å². The van der Waals surface area contributed by atoms with Crippen LogP contribution in [0.15, 0.2) is 35.1 Å². The van der Waals surface area contributed by atoms with Crippen LogP contribution in [0.4, 0.5) is 18.9 Å². The van der Waals surface area contributed by atoms with Crippen LogP contribution in [0.2, 0.25) is 0 Å². The highest BCUT2D eigenvalue weighted by molar-refractivity contribution is 5.95. The molecule has 11 heteroatoms. The van der Waals surface area contributed by atoms with E-state index in [4.69, 9.17) is 9.47 Å². The summed E-state index contributed by atoms with van der Waals surface area (Å²) in [6.45, 7) is 7.78. The van der Waals surface area contributed by atoms with E-state index < -0.39 is 23.3 Å². The fourth-order valence-electron chi connectivity index (χ4n) is 4.70. The number of aromatic amines is 1. The topological polar surface area (TPSA) is 96.5 Å². The van der Waals surface area contributed by atoms with E-state index in [0.717, 1.165) is 6.07 Å². The van der Waals surface area contributed by atoms with Crippen LogP contribution in [0, 0.1) is 6.92 Å². The summed E-state index contributed by atoms with van der Waals surface area (Å²) in [6, 6.07) is 6.01. The fraction of sp³-hybridized carbons (Fsp3) is 0.423. The number of fused-ring (bicyclic) bond motifs is 1. The molecule has 4 rings (SSSR count). The number of nitrogens with zero attached hydrogens (tertiary/aromatic N) is 2. The van der Waals surface area contributed by atoms with Crippen molar-refractivity contribution in [1.82, 2.24) is 14.9 Å². The lowest BCUT2D eigenvalue weighted by molar-refractivity contribution is -0.138. The zero-order valence-electron chi connectivity index (χ0n) is 21.2. The Morgan fingerprint density at radius 1 is 1.22 bits per heavy atom. The molecule has 0 radical (unpaired) electrons. The van der Waals surface area contributed by atoms with E-state index in [-0.39, 0.29) is 40.4 Å². The first kappa shape index (κ1) is 26.5. The maximum Gasteiger partial charge on any atom is 0.416 e. The molecule has 2 N–H and O–H groups in total. The highest BCUT2D eigenvalue weighted by atomic mass is 19.4. The predicted molar refractivity (Wildman–Crippen MR) is 133 cm³/mol. The van der Waals surface area contributed by atoms with Crippen LogP contribution in [0.5, 0.6) is 5.75 Å². The monoisotopic (exact) mass is 518 g/mol. The summed E-state index contributed by atoms with van der Waals surface area (Å²) in [7, 11) is 1.42. The minimum atomic E-state index is -4.66. The third-order valence-electron chi connectivity index (χ3n) is 6.29. The maximum atomic E-state index is 14.0. The van der Waals surface area contributed by atoms with Crippen molar-refractivity contribution in [2.45, 2.75) is 52.1 Å². The average molecular weight is 519 g/mol. The van der Waals surface area contributed by atoms with Crippen molar-refractivity contribution < 1.29 is 27.4 Å². The van der Waals surface area contributed by atoms with Crippen LogP contribution < -0.4 is 15.6 Å². The lowest BCUT2D eigenvalue weighted by Gasteiger charge is -2.35. The lowest BCUT2D eigenvalue weighted by atomic mass is 9.98. The Morgan fingerprint density at radius 3 is 2.51 bits per heavy atom. The van der Waals surface area contributed by atoms with Crippen molar-refractivity contribution in [3.8, 4) is 5.75 Å². The molecule has 0 spiro atoms. The molecule has 3 aromatic rings. The Labute approximate surface area is 211 Å². The number of rotatable bonds is 5. The zero-order chi connectivity index (χ0) is 27.1. The first-order chi connectivity index (χ1) is 17.4. The average Bonchev–Trinajstić information content (AvgIpc) is 2.81. The summed E-state index contributed by atoms with van der Waals surface area (Å²) in [5, 5.41) is 3.10. The van der Waals surface area contributed by atoms with E-state index in [1.54, 1.807) is 30.0 Å². The summed E-state index contributed by atoms with van der Waals surface area (Å²) >= 11 is 0. The van der Waals surface area contributed by atoms with Crippen LogP contribution in [0.1, 0.15) is 54.1 Å². The van der Waals surface area contributed by atoms with Gasteiger partial charge >= 0.3 is 6.18 Å². The molecule has 198 valence electrons. The molecule has 1 amide bonds. The van der Waals surface area contributed by atoms with Crippen molar-refractivity contribution in [3.63, 3.8) is 0 Å². The zero-order valence-corrected chi connectivity index (χ0v) is 21.2. The number of morpholine rings is 1. The van der Waals surface area contributed by atoms with Crippen molar-refractivity contribution in [2.24, 2.45) is 0 Å². The van der Waals surface area contributed by atoms with E-state index in [1.807, 2.05) is 13.8 Å². The molecule has 1 aliphatic rings. The molecule has 0 aliphatic carbocycles. The molecule has 0 bridgehead atoms. The minimum absolute atomic E-state index is 0.0308. The van der Waals surface area contributed by atoms with E-state index in [1.165, 1.54) is 20.1 Å². The second-order valence-electron chi connectivity index (χ2n) is 9.35. The van der Waals surface area contributed by atoms with Crippen LogP contribution in [-0.4, -0.2) is 53.2 Å². The number of carbonyl (C=O) groups is 1. The highest BCUT2D eigenvalue weighted by Gasteiger charge is 2.36. The summed E-state index contributed by atoms with van der Waals surface area (Å²) in [6.07, 6.45) is -4.84. The number of H-pyrrole nitrogens is 1. The molecular weight excluding hydrogens is 489 g/mol. The van der Waals surface area contributed by atoms with Gasteiger partial charge in [-0.25, -0.2) is 4.98 Å². The summed E-state index contributed by atoms with van der Waals surface area (Å²) < 4.78 is 53.1. The maximum absolute atomic E-state index is 14.0. The van der Waals surface area contributed by atoms with E-state index in [0.29, 0.717) is 30.1 Å². The number of hydrogen-bond acceptors (Lipinski definition) is 6. The quantitative estimate of drug-likeness (QED) is 0.509. The van der Waals surface area contributed by atoms with Crippen molar-refractivity contribution in [1.29, 1.82) is 0 Å². The van der Waals surface area contributed by atoms with Crippen molar-refractivity contribution >= 4 is 22.5 Å². The second kappa shape index (κ2) is 10.0. The van der Waals surface area contributed by atoms with Gasteiger partial charge in [-0.2, -0.15) is 13.2 Å². The number of aromatic nitrogens is 2. The molecule has 1 saturated heterocycles. The number of carbonyl (C=O) groups excluding carboxylic acids is 1. The van der Waals surface area contributed by atoms with Gasteiger partial charge in [0, 0.05) is 24.7 Å². The third-order valence-corrected chi connectivity index (χ3v) is 6.29. The van der Waals surface area contributed by atoms with Crippen LogP contribution in [0.25, 0.3) is 10.9 Å². The number of ether oxygens (including phenoxy) is 2. The van der Waals surface area contributed by atoms with Crippen LogP contribution in [0.3, 0.4) is 0 Å². The predicted octanol–water partition coefficient (Wildman–Crippen LogP) is 4.68. The van der Waals surface area contributed by atoms with E-state index >= 15 is 0 Å². The third kappa shape index (κ3) is 5.56. The van der Waals surface area contributed by atoms with E-state index in [9.17, 15) is 22.8 Å². The van der Waals surface area contributed by atoms with Gasteiger partial charge in [0.15, 0.2) is 0 Å². The molecule has 1 aromatic heterocycles. The molecule has 8 nitrogen and oxygen atoms in total. The van der Waals surface area contributed by atoms with E-state index in [2.05, 4.69) is 15.3 Å². The Balaban J connectivity index is 1.66.